The van der Waals surface area contributed by atoms with Crippen molar-refractivity contribution in [2.24, 2.45) is 5.10 Å². The highest BCUT2D eigenvalue weighted by molar-refractivity contribution is 5.82. The molecule has 0 saturated carbocycles. The number of benzene rings is 2. The fourth-order valence-corrected chi connectivity index (χ4v) is 2.13. The van der Waals surface area contributed by atoms with Crippen LogP contribution in [-0.4, -0.2) is 29.6 Å². The average Bonchev–Trinajstić information content (AvgIpc) is 2.96. The number of hydrogen-bond acceptors (Lipinski definition) is 4. The van der Waals surface area contributed by atoms with Crippen molar-refractivity contribution in [2.45, 2.75) is 6.61 Å². The van der Waals surface area contributed by atoms with Gasteiger partial charge in [0, 0.05) is 0 Å². The summed E-state index contributed by atoms with van der Waals surface area (Å²) in [5.41, 5.74) is 2.27. The predicted molar refractivity (Wildman–Crippen MR) is 82.4 cm³/mol. The summed E-state index contributed by atoms with van der Waals surface area (Å²) in [4.78, 5) is 4.22. The number of fused-ring (bicyclic) bond motifs is 1. The number of rotatable bonds is 5. The Morgan fingerprint density at radius 3 is 2.78 bits per heavy atom. The summed E-state index contributed by atoms with van der Waals surface area (Å²) in [6.45, 7) is -2.92. The third-order valence-corrected chi connectivity index (χ3v) is 3.17. The van der Waals surface area contributed by atoms with Gasteiger partial charge in [-0.05, 0) is 35.9 Å². The molecule has 23 heavy (non-hydrogen) atoms. The normalized spacial score (nSPS) is 11.5. The number of para-hydroxylation sites is 2. The van der Waals surface area contributed by atoms with Gasteiger partial charge in [0.05, 0.1) is 24.4 Å². The van der Waals surface area contributed by atoms with Gasteiger partial charge in [0.2, 0.25) is 0 Å². The molecular weight excluding hydrogens is 304 g/mol. The van der Waals surface area contributed by atoms with Crippen molar-refractivity contribution in [3.05, 3.63) is 54.4 Å². The lowest BCUT2D eigenvalue weighted by atomic mass is 10.2. The molecule has 3 aromatic rings. The molecule has 5 nitrogen and oxygen atoms in total. The summed E-state index contributed by atoms with van der Waals surface area (Å²) in [5, 5.41) is 4.29. The summed E-state index contributed by atoms with van der Waals surface area (Å²) >= 11 is 0. The van der Waals surface area contributed by atoms with E-state index in [1.54, 1.807) is 23.1 Å². The van der Waals surface area contributed by atoms with Gasteiger partial charge in [-0.25, -0.2) is 9.66 Å². The van der Waals surface area contributed by atoms with Crippen LogP contribution in [0.3, 0.4) is 0 Å². The second kappa shape index (κ2) is 6.43. The zero-order valence-electron chi connectivity index (χ0n) is 12.2. The van der Waals surface area contributed by atoms with Crippen LogP contribution in [0.2, 0.25) is 0 Å². The first-order valence-electron chi connectivity index (χ1n) is 6.76. The molecule has 118 valence electrons. The van der Waals surface area contributed by atoms with E-state index in [2.05, 4.69) is 14.8 Å². The van der Waals surface area contributed by atoms with E-state index >= 15 is 0 Å². The highest BCUT2D eigenvalue weighted by Crippen LogP contribution is 2.29. The summed E-state index contributed by atoms with van der Waals surface area (Å²) < 4.78 is 35.9. The fraction of sp³-hybridized carbons (Fsp3) is 0.125. The van der Waals surface area contributed by atoms with Crippen molar-refractivity contribution in [3.63, 3.8) is 0 Å². The lowest BCUT2D eigenvalue weighted by Crippen LogP contribution is -2.04. The Morgan fingerprint density at radius 1 is 1.17 bits per heavy atom. The van der Waals surface area contributed by atoms with Crippen molar-refractivity contribution in [1.29, 1.82) is 0 Å². The second-order valence-electron chi connectivity index (χ2n) is 4.61. The summed E-state index contributed by atoms with van der Waals surface area (Å²) in [6.07, 6.45) is 3.12. The number of methoxy groups -OCH3 is 1. The fourth-order valence-electron chi connectivity index (χ4n) is 2.13. The minimum atomic E-state index is -2.92. The SMILES string of the molecule is COc1ccc(/C=N\n2cnc3ccccc32)cc1OC(F)F. The molecule has 0 unspecified atom stereocenters. The van der Waals surface area contributed by atoms with E-state index in [0.717, 1.165) is 11.0 Å². The third-order valence-electron chi connectivity index (χ3n) is 3.17. The van der Waals surface area contributed by atoms with E-state index in [0.29, 0.717) is 5.56 Å². The van der Waals surface area contributed by atoms with Gasteiger partial charge in [-0.1, -0.05) is 12.1 Å². The quantitative estimate of drug-likeness (QED) is 0.676. The molecular formula is C16H13F2N3O2. The van der Waals surface area contributed by atoms with Gasteiger partial charge in [-0.15, -0.1) is 0 Å². The predicted octanol–water partition coefficient (Wildman–Crippen LogP) is 3.53. The minimum Gasteiger partial charge on any atom is -0.493 e. The minimum absolute atomic E-state index is 0.0399. The maximum atomic E-state index is 12.4. The van der Waals surface area contributed by atoms with Gasteiger partial charge in [0.15, 0.2) is 11.5 Å². The van der Waals surface area contributed by atoms with Crippen LogP contribution >= 0.6 is 0 Å². The molecule has 0 atom stereocenters. The summed E-state index contributed by atoms with van der Waals surface area (Å²) in [6, 6.07) is 12.2. The first-order valence-corrected chi connectivity index (χ1v) is 6.76. The van der Waals surface area contributed by atoms with E-state index in [1.165, 1.54) is 19.4 Å². The Balaban J connectivity index is 1.90. The number of hydrogen-bond donors (Lipinski definition) is 0. The topological polar surface area (TPSA) is 48.6 Å². The molecule has 0 bridgehead atoms. The maximum Gasteiger partial charge on any atom is 0.387 e. The largest absolute Gasteiger partial charge is 0.493 e. The number of ether oxygens (including phenoxy) is 2. The molecule has 1 aromatic heterocycles. The van der Waals surface area contributed by atoms with Crippen molar-refractivity contribution >= 4 is 17.2 Å². The van der Waals surface area contributed by atoms with Crippen LogP contribution in [0.4, 0.5) is 8.78 Å². The standard InChI is InChI=1S/C16H13F2N3O2/c1-22-14-7-6-11(8-15(14)23-16(17)18)9-20-21-10-19-12-4-2-3-5-13(12)21/h2-10,16H,1H3/b20-9-. The molecule has 0 aliphatic heterocycles. The van der Waals surface area contributed by atoms with Crippen molar-refractivity contribution < 1.29 is 18.3 Å². The summed E-state index contributed by atoms with van der Waals surface area (Å²) in [5.74, 6) is 0.192. The monoisotopic (exact) mass is 317 g/mol. The van der Waals surface area contributed by atoms with Crippen molar-refractivity contribution in [3.8, 4) is 11.5 Å². The number of halogens is 2. The van der Waals surface area contributed by atoms with Crippen LogP contribution in [0.15, 0.2) is 53.9 Å². The van der Waals surface area contributed by atoms with Crippen molar-refractivity contribution in [1.82, 2.24) is 9.66 Å². The highest BCUT2D eigenvalue weighted by Gasteiger charge is 2.10. The molecule has 3 rings (SSSR count). The molecule has 0 N–H and O–H groups in total. The molecule has 0 spiro atoms. The summed E-state index contributed by atoms with van der Waals surface area (Å²) in [7, 11) is 1.39. The van der Waals surface area contributed by atoms with Gasteiger partial charge in [0.1, 0.15) is 6.33 Å². The Bertz CT molecular complexity index is 846. The van der Waals surface area contributed by atoms with Crippen LogP contribution in [0.5, 0.6) is 11.5 Å². The van der Waals surface area contributed by atoms with E-state index in [-0.39, 0.29) is 11.5 Å². The molecule has 7 heteroatoms. The zero-order chi connectivity index (χ0) is 16.2. The van der Waals surface area contributed by atoms with Gasteiger partial charge in [0.25, 0.3) is 0 Å². The first-order chi connectivity index (χ1) is 11.2. The van der Waals surface area contributed by atoms with Crippen LogP contribution < -0.4 is 9.47 Å². The van der Waals surface area contributed by atoms with E-state index in [1.807, 2.05) is 24.3 Å². The molecule has 0 fully saturated rings. The highest BCUT2D eigenvalue weighted by atomic mass is 19.3. The lowest BCUT2D eigenvalue weighted by molar-refractivity contribution is -0.0512. The molecule has 1 heterocycles. The third kappa shape index (κ3) is 3.28. The molecule has 0 aliphatic rings. The van der Waals surface area contributed by atoms with Gasteiger partial charge >= 0.3 is 6.61 Å². The van der Waals surface area contributed by atoms with Gasteiger partial charge in [-0.3, -0.25) is 0 Å². The lowest BCUT2D eigenvalue weighted by Gasteiger charge is -2.10. The maximum absolute atomic E-state index is 12.4. The number of imidazole rings is 1. The first kappa shape index (κ1) is 15.0. The van der Waals surface area contributed by atoms with Gasteiger partial charge in [-0.2, -0.15) is 13.9 Å². The number of aromatic nitrogens is 2. The molecule has 0 saturated heterocycles. The molecule has 0 radical (unpaired) electrons. The Hall–Kier alpha value is -2.96. The van der Waals surface area contributed by atoms with E-state index in [4.69, 9.17) is 4.74 Å². The van der Waals surface area contributed by atoms with E-state index < -0.39 is 6.61 Å². The van der Waals surface area contributed by atoms with Crippen LogP contribution in [0.1, 0.15) is 5.56 Å². The Morgan fingerprint density at radius 2 is 2.00 bits per heavy atom. The Labute approximate surface area is 130 Å². The number of nitrogens with zero attached hydrogens (tertiary/aromatic N) is 3. The number of alkyl halides is 2. The van der Waals surface area contributed by atoms with E-state index in [9.17, 15) is 8.78 Å². The van der Waals surface area contributed by atoms with Crippen LogP contribution in [0.25, 0.3) is 11.0 Å². The smallest absolute Gasteiger partial charge is 0.387 e. The van der Waals surface area contributed by atoms with Crippen LogP contribution in [0, 0.1) is 0 Å². The van der Waals surface area contributed by atoms with Crippen molar-refractivity contribution in [2.75, 3.05) is 7.11 Å². The zero-order valence-corrected chi connectivity index (χ0v) is 12.2. The Kier molecular flexibility index (Phi) is 4.18. The van der Waals surface area contributed by atoms with Crippen LogP contribution in [-0.2, 0) is 0 Å². The molecule has 2 aromatic carbocycles. The second-order valence-corrected chi connectivity index (χ2v) is 4.61. The average molecular weight is 317 g/mol. The molecule has 0 amide bonds. The van der Waals surface area contributed by atoms with Gasteiger partial charge < -0.3 is 9.47 Å². The molecule has 0 aliphatic carbocycles.